The fourth-order valence-corrected chi connectivity index (χ4v) is 3.22. The van der Waals surface area contributed by atoms with Crippen molar-refractivity contribution in [3.8, 4) is 0 Å². The number of rotatable bonds is 6. The van der Waals surface area contributed by atoms with Crippen LogP contribution in [-0.2, 0) is 26.2 Å². The zero-order valence-corrected chi connectivity index (χ0v) is 12.7. The molecule has 1 aliphatic rings. The fraction of sp³-hybridized carbons (Fsp3) is 0.571. The van der Waals surface area contributed by atoms with Gasteiger partial charge in [-0.25, -0.2) is 9.97 Å². The molecule has 0 atom stereocenters. The molecular weight excluding hydrogens is 270 g/mol. The van der Waals surface area contributed by atoms with E-state index in [1.54, 1.807) is 11.3 Å². The standard InChI is InChI=1S/C14H21N5S/c1-2-3-15-8-14-17-12(11-20-14)9-18-6-7-19-5-4-16-13(19)10-18/h4-5,11,15H,2-3,6-10H2,1H3. The monoisotopic (exact) mass is 291 g/mol. The summed E-state index contributed by atoms with van der Waals surface area (Å²) in [7, 11) is 0. The SMILES string of the molecule is CCCNCc1nc(CN2CCn3ccnc3C2)cs1. The van der Waals surface area contributed by atoms with Crippen LogP contribution in [0.25, 0.3) is 0 Å². The van der Waals surface area contributed by atoms with Crippen molar-refractivity contribution in [2.75, 3.05) is 13.1 Å². The topological polar surface area (TPSA) is 46.0 Å². The Labute approximate surface area is 123 Å². The van der Waals surface area contributed by atoms with Gasteiger partial charge >= 0.3 is 0 Å². The molecule has 3 rings (SSSR count). The van der Waals surface area contributed by atoms with Crippen LogP contribution in [-0.4, -0.2) is 32.5 Å². The van der Waals surface area contributed by atoms with Crippen LogP contribution in [0.15, 0.2) is 17.8 Å². The van der Waals surface area contributed by atoms with Gasteiger partial charge in [0.2, 0.25) is 0 Å². The quantitative estimate of drug-likeness (QED) is 0.825. The van der Waals surface area contributed by atoms with E-state index in [-0.39, 0.29) is 0 Å². The molecule has 20 heavy (non-hydrogen) atoms. The van der Waals surface area contributed by atoms with Crippen molar-refractivity contribution < 1.29 is 0 Å². The number of hydrogen-bond acceptors (Lipinski definition) is 5. The molecule has 3 heterocycles. The second kappa shape index (κ2) is 6.47. The first-order valence-corrected chi connectivity index (χ1v) is 8.09. The van der Waals surface area contributed by atoms with E-state index in [2.05, 4.69) is 38.3 Å². The average molecular weight is 291 g/mol. The summed E-state index contributed by atoms with van der Waals surface area (Å²) in [5.74, 6) is 1.16. The molecule has 0 aromatic carbocycles. The van der Waals surface area contributed by atoms with Crippen molar-refractivity contribution in [3.05, 3.63) is 34.3 Å². The number of thiazole rings is 1. The first-order chi connectivity index (χ1) is 9.85. The summed E-state index contributed by atoms with van der Waals surface area (Å²) in [4.78, 5) is 11.5. The molecule has 0 aliphatic carbocycles. The third-order valence-electron chi connectivity index (χ3n) is 3.51. The molecule has 0 spiro atoms. The van der Waals surface area contributed by atoms with Crippen LogP contribution >= 0.6 is 11.3 Å². The molecule has 0 unspecified atom stereocenters. The molecule has 1 aliphatic heterocycles. The summed E-state index contributed by atoms with van der Waals surface area (Å²) >= 11 is 1.75. The van der Waals surface area contributed by atoms with Crippen molar-refractivity contribution in [2.45, 2.75) is 39.5 Å². The highest BCUT2D eigenvalue weighted by Gasteiger charge is 2.17. The fourth-order valence-electron chi connectivity index (χ4n) is 2.46. The molecule has 0 fully saturated rings. The van der Waals surface area contributed by atoms with Crippen molar-refractivity contribution >= 4 is 11.3 Å². The van der Waals surface area contributed by atoms with Gasteiger partial charge in [0, 0.05) is 44.0 Å². The van der Waals surface area contributed by atoms with Crippen molar-refractivity contribution in [2.24, 2.45) is 0 Å². The molecule has 2 aromatic rings. The van der Waals surface area contributed by atoms with Gasteiger partial charge in [-0.1, -0.05) is 6.92 Å². The summed E-state index contributed by atoms with van der Waals surface area (Å²) in [6.45, 7) is 8.09. The highest BCUT2D eigenvalue weighted by atomic mass is 32.1. The normalized spacial score (nSPS) is 15.4. The predicted molar refractivity (Wildman–Crippen MR) is 80.5 cm³/mol. The van der Waals surface area contributed by atoms with E-state index >= 15 is 0 Å². The van der Waals surface area contributed by atoms with Crippen LogP contribution < -0.4 is 5.32 Å². The van der Waals surface area contributed by atoms with Crippen molar-refractivity contribution in [3.63, 3.8) is 0 Å². The van der Waals surface area contributed by atoms with Gasteiger partial charge in [-0.05, 0) is 13.0 Å². The molecule has 0 radical (unpaired) electrons. The molecule has 0 bridgehead atoms. The van der Waals surface area contributed by atoms with Gasteiger partial charge in [-0.3, -0.25) is 4.90 Å². The minimum atomic E-state index is 0.892. The summed E-state index contributed by atoms with van der Waals surface area (Å²) in [5, 5.41) is 6.77. The van der Waals surface area contributed by atoms with Crippen LogP contribution in [0, 0.1) is 0 Å². The molecule has 5 nitrogen and oxygen atoms in total. The van der Waals surface area contributed by atoms with Crippen LogP contribution in [0.2, 0.25) is 0 Å². The Hall–Kier alpha value is -1.24. The maximum Gasteiger partial charge on any atom is 0.122 e. The summed E-state index contributed by atoms with van der Waals surface area (Å²) in [5.41, 5.74) is 1.18. The lowest BCUT2D eigenvalue weighted by atomic mass is 10.3. The molecule has 0 saturated carbocycles. The largest absolute Gasteiger partial charge is 0.333 e. The Morgan fingerprint density at radius 3 is 3.25 bits per heavy atom. The first-order valence-electron chi connectivity index (χ1n) is 7.21. The third kappa shape index (κ3) is 3.26. The number of imidazole rings is 1. The van der Waals surface area contributed by atoms with Gasteiger partial charge in [-0.2, -0.15) is 0 Å². The Kier molecular flexibility index (Phi) is 4.44. The van der Waals surface area contributed by atoms with E-state index in [1.807, 2.05) is 6.20 Å². The number of hydrogen-bond donors (Lipinski definition) is 1. The maximum absolute atomic E-state index is 4.71. The minimum Gasteiger partial charge on any atom is -0.333 e. The number of fused-ring (bicyclic) bond motifs is 1. The second-order valence-electron chi connectivity index (χ2n) is 5.16. The van der Waals surface area contributed by atoms with Crippen molar-refractivity contribution in [1.29, 1.82) is 0 Å². The van der Waals surface area contributed by atoms with Gasteiger partial charge in [0.25, 0.3) is 0 Å². The van der Waals surface area contributed by atoms with E-state index in [0.717, 1.165) is 45.1 Å². The Morgan fingerprint density at radius 2 is 2.35 bits per heavy atom. The minimum absolute atomic E-state index is 0.892. The third-order valence-corrected chi connectivity index (χ3v) is 4.41. The van der Waals surface area contributed by atoms with E-state index in [9.17, 15) is 0 Å². The van der Waals surface area contributed by atoms with Crippen LogP contribution in [0.3, 0.4) is 0 Å². The van der Waals surface area contributed by atoms with Crippen LogP contribution in [0.5, 0.6) is 0 Å². The van der Waals surface area contributed by atoms with Crippen LogP contribution in [0.1, 0.15) is 29.9 Å². The molecule has 108 valence electrons. The molecular formula is C14H21N5S. The van der Waals surface area contributed by atoms with E-state index in [4.69, 9.17) is 4.98 Å². The van der Waals surface area contributed by atoms with Crippen molar-refractivity contribution in [1.82, 2.24) is 24.8 Å². The second-order valence-corrected chi connectivity index (χ2v) is 6.10. The van der Waals surface area contributed by atoms with Gasteiger partial charge in [0.15, 0.2) is 0 Å². The number of aromatic nitrogens is 3. The lowest BCUT2D eigenvalue weighted by Gasteiger charge is -2.26. The molecule has 2 aromatic heterocycles. The Balaban J connectivity index is 1.54. The van der Waals surface area contributed by atoms with Gasteiger partial charge in [0.1, 0.15) is 10.8 Å². The van der Waals surface area contributed by atoms with Gasteiger partial charge in [-0.15, -0.1) is 11.3 Å². The summed E-state index contributed by atoms with van der Waals surface area (Å²) in [6.07, 6.45) is 5.12. The lowest BCUT2D eigenvalue weighted by Crippen LogP contribution is -2.33. The molecule has 0 amide bonds. The predicted octanol–water partition coefficient (Wildman–Crippen LogP) is 1.85. The highest BCUT2D eigenvalue weighted by Crippen LogP contribution is 2.16. The van der Waals surface area contributed by atoms with E-state index in [0.29, 0.717) is 0 Å². The molecule has 1 N–H and O–H groups in total. The van der Waals surface area contributed by atoms with Gasteiger partial charge in [0.05, 0.1) is 12.2 Å². The average Bonchev–Trinajstić information content (AvgIpc) is 3.08. The summed E-state index contributed by atoms with van der Waals surface area (Å²) < 4.78 is 2.23. The number of nitrogens with one attached hydrogen (secondary N) is 1. The zero-order valence-electron chi connectivity index (χ0n) is 11.9. The van der Waals surface area contributed by atoms with E-state index < -0.39 is 0 Å². The smallest absolute Gasteiger partial charge is 0.122 e. The zero-order chi connectivity index (χ0) is 13.8. The lowest BCUT2D eigenvalue weighted by molar-refractivity contribution is 0.207. The summed E-state index contributed by atoms with van der Waals surface area (Å²) in [6, 6.07) is 0. The molecule has 0 saturated heterocycles. The maximum atomic E-state index is 4.71. The first kappa shape index (κ1) is 13.7. The van der Waals surface area contributed by atoms with E-state index in [1.165, 1.54) is 17.1 Å². The molecule has 6 heteroatoms. The number of nitrogens with zero attached hydrogens (tertiary/aromatic N) is 4. The Morgan fingerprint density at radius 1 is 1.40 bits per heavy atom. The highest BCUT2D eigenvalue weighted by molar-refractivity contribution is 7.09. The Bertz CT molecular complexity index is 547. The van der Waals surface area contributed by atoms with Crippen LogP contribution in [0.4, 0.5) is 0 Å². The van der Waals surface area contributed by atoms with Gasteiger partial charge < -0.3 is 9.88 Å².